The second kappa shape index (κ2) is 13.6. The van der Waals surface area contributed by atoms with Gasteiger partial charge >= 0.3 is 0 Å². The Morgan fingerprint density at radius 1 is 1.00 bits per heavy atom. The molecule has 2 heterocycles. The van der Waals surface area contributed by atoms with Gasteiger partial charge in [0.2, 0.25) is 5.88 Å². The molecule has 0 bridgehead atoms. The van der Waals surface area contributed by atoms with Crippen LogP contribution in [0, 0.1) is 20.8 Å². The fraction of sp³-hybridized carbons (Fsp3) is 0.368. The number of carbonyl (C=O) groups excluding carboxylic acids is 2. The molecule has 1 saturated carbocycles. The fourth-order valence-electron chi connectivity index (χ4n) is 6.75. The molecule has 256 valence electrons. The zero-order valence-electron chi connectivity index (χ0n) is 28.7. The van der Waals surface area contributed by atoms with Crippen LogP contribution in [0.3, 0.4) is 0 Å². The first-order valence-corrected chi connectivity index (χ1v) is 18.4. The molecular weight excluding hydrogens is 639 g/mol. The topological polar surface area (TPSA) is 125 Å². The van der Waals surface area contributed by atoms with Gasteiger partial charge in [-0.2, -0.15) is 0 Å². The van der Waals surface area contributed by atoms with Gasteiger partial charge in [-0.1, -0.05) is 79.4 Å². The summed E-state index contributed by atoms with van der Waals surface area (Å²) < 4.78 is 35.6. The van der Waals surface area contributed by atoms with Crippen molar-refractivity contribution in [2.24, 2.45) is 4.99 Å². The summed E-state index contributed by atoms with van der Waals surface area (Å²) in [5, 5.41) is 3.89. The van der Waals surface area contributed by atoms with Crippen molar-refractivity contribution < 1.29 is 22.5 Å². The summed E-state index contributed by atoms with van der Waals surface area (Å²) in [6, 6.07) is 19.6. The number of rotatable bonds is 11. The Hall–Kier alpha value is -4.77. The van der Waals surface area contributed by atoms with Gasteiger partial charge in [0.25, 0.3) is 21.8 Å². The standard InChI is InChI=1S/C38H43N5O5S/c1-6-7-17-34-39-38(20-10-11-21-38)37(45)43(34)24-28-18-19-30(32(23-28)42(5)36(44)29-14-12-13-25(2)22-29)31-15-8-9-16-33(31)49(46,47)41-35-26(3)27(4)40-48-35/h8-9,12-16,18-19,22-23,41H,6-7,10-11,17,20-21,24H2,1-5H3. The maximum absolute atomic E-state index is 14.0. The molecule has 3 aromatic carbocycles. The number of aromatic nitrogens is 1. The number of amidine groups is 1. The lowest BCUT2D eigenvalue weighted by Crippen LogP contribution is -2.40. The highest BCUT2D eigenvalue weighted by atomic mass is 32.2. The molecule has 1 aromatic heterocycles. The quantitative estimate of drug-likeness (QED) is 0.174. The molecule has 0 radical (unpaired) electrons. The average Bonchev–Trinajstić information content (AvgIpc) is 3.77. The minimum absolute atomic E-state index is 0.0146. The summed E-state index contributed by atoms with van der Waals surface area (Å²) >= 11 is 0. The van der Waals surface area contributed by atoms with Crippen molar-refractivity contribution in [2.45, 2.75) is 89.6 Å². The molecule has 1 N–H and O–H groups in total. The first-order valence-electron chi connectivity index (χ1n) is 16.9. The van der Waals surface area contributed by atoms with E-state index in [-0.39, 0.29) is 22.6 Å². The maximum Gasteiger partial charge on any atom is 0.264 e. The molecule has 4 aromatic rings. The highest BCUT2D eigenvalue weighted by Crippen LogP contribution is 2.41. The predicted molar refractivity (Wildman–Crippen MR) is 191 cm³/mol. The molecule has 0 atom stereocenters. The van der Waals surface area contributed by atoms with Gasteiger partial charge in [0.1, 0.15) is 11.4 Å². The first-order chi connectivity index (χ1) is 23.4. The summed E-state index contributed by atoms with van der Waals surface area (Å²) in [4.78, 5) is 36.3. The number of hydrogen-bond acceptors (Lipinski definition) is 7. The van der Waals surface area contributed by atoms with Crippen molar-refractivity contribution in [1.82, 2.24) is 10.1 Å². The van der Waals surface area contributed by atoms with E-state index in [9.17, 15) is 18.0 Å². The predicted octanol–water partition coefficient (Wildman–Crippen LogP) is 7.59. The van der Waals surface area contributed by atoms with E-state index in [2.05, 4.69) is 16.8 Å². The van der Waals surface area contributed by atoms with Crippen LogP contribution in [-0.2, 0) is 21.4 Å². The van der Waals surface area contributed by atoms with E-state index in [4.69, 9.17) is 9.52 Å². The van der Waals surface area contributed by atoms with Gasteiger partial charge in [0, 0.05) is 35.7 Å². The Morgan fingerprint density at radius 2 is 1.76 bits per heavy atom. The molecule has 6 rings (SSSR count). The van der Waals surface area contributed by atoms with E-state index in [1.54, 1.807) is 50.1 Å². The number of sulfonamides is 1. The Labute approximate surface area is 288 Å². The number of nitrogens with zero attached hydrogens (tertiary/aromatic N) is 4. The van der Waals surface area contributed by atoms with E-state index in [0.717, 1.165) is 61.9 Å². The SMILES string of the molecule is CCCCC1=NC2(CCCC2)C(=O)N1Cc1ccc(-c2ccccc2S(=O)(=O)Nc2onc(C)c2C)c(N(C)C(=O)c2cccc(C)c2)c1. The van der Waals surface area contributed by atoms with E-state index in [1.165, 1.54) is 6.07 Å². The summed E-state index contributed by atoms with van der Waals surface area (Å²) in [6.07, 6.45) is 6.16. The molecule has 1 spiro atoms. The van der Waals surface area contributed by atoms with Crippen LogP contribution in [0.1, 0.15) is 84.6 Å². The summed E-state index contributed by atoms with van der Waals surface area (Å²) in [5.41, 5.74) is 4.22. The molecule has 49 heavy (non-hydrogen) atoms. The number of carbonyl (C=O) groups is 2. The van der Waals surface area contributed by atoms with Crippen LogP contribution in [0.25, 0.3) is 11.1 Å². The lowest BCUT2D eigenvalue weighted by Gasteiger charge is -2.26. The smallest absolute Gasteiger partial charge is 0.264 e. The number of benzene rings is 3. The third-order valence-electron chi connectivity index (χ3n) is 9.67. The molecule has 2 amide bonds. The lowest BCUT2D eigenvalue weighted by atomic mass is 9.97. The fourth-order valence-corrected chi connectivity index (χ4v) is 8.02. The van der Waals surface area contributed by atoms with Crippen molar-refractivity contribution in [1.29, 1.82) is 0 Å². The van der Waals surface area contributed by atoms with Crippen LogP contribution in [0.5, 0.6) is 0 Å². The average molecular weight is 682 g/mol. The van der Waals surface area contributed by atoms with Crippen molar-refractivity contribution in [3.05, 3.63) is 94.7 Å². The molecule has 1 aliphatic heterocycles. The number of nitrogens with one attached hydrogen (secondary N) is 1. The molecule has 0 unspecified atom stereocenters. The number of hydrogen-bond donors (Lipinski definition) is 1. The Balaban J connectivity index is 1.43. The number of unbranched alkanes of at least 4 members (excludes halogenated alkanes) is 1. The zero-order chi connectivity index (χ0) is 34.9. The Morgan fingerprint density at radius 3 is 2.45 bits per heavy atom. The molecule has 2 aliphatic rings. The normalized spacial score (nSPS) is 15.6. The minimum atomic E-state index is -4.14. The number of amides is 2. The highest BCUT2D eigenvalue weighted by molar-refractivity contribution is 7.92. The monoisotopic (exact) mass is 681 g/mol. The van der Waals surface area contributed by atoms with E-state index >= 15 is 0 Å². The largest absolute Gasteiger partial charge is 0.337 e. The number of aryl methyl sites for hydroxylation is 2. The Bertz CT molecular complexity index is 2040. The van der Waals surface area contributed by atoms with Crippen LogP contribution < -0.4 is 9.62 Å². The first kappa shape index (κ1) is 34.1. The lowest BCUT2D eigenvalue weighted by molar-refractivity contribution is -0.131. The van der Waals surface area contributed by atoms with Gasteiger partial charge in [-0.05, 0) is 69.9 Å². The molecule has 0 saturated heterocycles. The molecular formula is C38H43N5O5S. The maximum atomic E-state index is 14.0. The molecule has 1 aliphatic carbocycles. The number of aliphatic imine (C=N–C) groups is 1. The van der Waals surface area contributed by atoms with Gasteiger partial charge in [-0.25, -0.2) is 13.1 Å². The highest BCUT2D eigenvalue weighted by Gasteiger charge is 2.49. The van der Waals surface area contributed by atoms with Gasteiger partial charge in [-0.3, -0.25) is 19.5 Å². The van der Waals surface area contributed by atoms with Crippen molar-refractivity contribution >= 4 is 39.2 Å². The third-order valence-corrected chi connectivity index (χ3v) is 11.1. The summed E-state index contributed by atoms with van der Waals surface area (Å²) in [7, 11) is -2.46. The minimum Gasteiger partial charge on any atom is -0.337 e. The van der Waals surface area contributed by atoms with Gasteiger partial charge in [-0.15, -0.1) is 0 Å². The molecule has 1 fully saturated rings. The van der Waals surface area contributed by atoms with Crippen LogP contribution >= 0.6 is 0 Å². The van der Waals surface area contributed by atoms with Crippen molar-refractivity contribution in [3.63, 3.8) is 0 Å². The third kappa shape index (κ3) is 6.64. The second-order valence-corrected chi connectivity index (χ2v) is 14.8. The zero-order valence-corrected chi connectivity index (χ0v) is 29.6. The summed E-state index contributed by atoms with van der Waals surface area (Å²) in [6.45, 7) is 7.82. The number of anilines is 2. The Kier molecular flexibility index (Phi) is 9.48. The molecule has 10 nitrogen and oxygen atoms in total. The van der Waals surface area contributed by atoms with E-state index < -0.39 is 15.6 Å². The van der Waals surface area contributed by atoms with Gasteiger partial charge in [0.05, 0.1) is 22.8 Å². The molecule has 11 heteroatoms. The van der Waals surface area contributed by atoms with Crippen LogP contribution in [-0.4, -0.2) is 48.7 Å². The van der Waals surface area contributed by atoms with Crippen LogP contribution in [0.2, 0.25) is 0 Å². The second-order valence-electron chi connectivity index (χ2n) is 13.2. The van der Waals surface area contributed by atoms with Crippen LogP contribution in [0.4, 0.5) is 11.6 Å². The van der Waals surface area contributed by atoms with Crippen LogP contribution in [0.15, 0.2) is 81.1 Å². The van der Waals surface area contributed by atoms with Crippen molar-refractivity contribution in [3.8, 4) is 11.1 Å². The van der Waals surface area contributed by atoms with E-state index in [1.807, 2.05) is 48.2 Å². The summed E-state index contributed by atoms with van der Waals surface area (Å²) in [5.74, 6) is 0.668. The van der Waals surface area contributed by atoms with E-state index in [0.29, 0.717) is 40.2 Å². The van der Waals surface area contributed by atoms with Crippen molar-refractivity contribution in [2.75, 3.05) is 16.7 Å². The van der Waals surface area contributed by atoms with Gasteiger partial charge in [0.15, 0.2) is 0 Å². The van der Waals surface area contributed by atoms with Gasteiger partial charge < -0.3 is 9.42 Å².